The van der Waals surface area contributed by atoms with Gasteiger partial charge in [-0.1, -0.05) is 38.5 Å². The minimum Gasteiger partial charge on any atom is -0.389 e. The zero-order valence-electron chi connectivity index (χ0n) is 12.3. The van der Waals surface area contributed by atoms with Gasteiger partial charge in [0.1, 0.15) is 5.82 Å². The summed E-state index contributed by atoms with van der Waals surface area (Å²) < 4.78 is 0. The van der Waals surface area contributed by atoms with Gasteiger partial charge in [0.05, 0.1) is 6.10 Å². The fourth-order valence-electron chi connectivity index (χ4n) is 2.39. The molecule has 1 aliphatic rings. The van der Waals surface area contributed by atoms with Crippen molar-refractivity contribution in [2.45, 2.75) is 40.2 Å². The third-order valence-electron chi connectivity index (χ3n) is 3.75. The Morgan fingerprint density at radius 1 is 1.32 bits per heavy atom. The number of hydrogen-bond donors (Lipinski definition) is 1. The lowest BCUT2D eigenvalue weighted by atomic mass is 9.83. The third-order valence-corrected chi connectivity index (χ3v) is 3.75. The molecule has 0 aliphatic carbocycles. The molecule has 2 heterocycles. The van der Waals surface area contributed by atoms with Crippen LogP contribution in [0.1, 0.15) is 45.8 Å². The summed E-state index contributed by atoms with van der Waals surface area (Å²) in [6.07, 6.45) is 4.75. The minimum atomic E-state index is -0.449. The van der Waals surface area contributed by atoms with E-state index in [0.717, 1.165) is 30.9 Å². The molecule has 1 aromatic heterocycles. The highest BCUT2D eigenvalue weighted by Gasteiger charge is 2.21. The number of anilines is 1. The Bertz CT molecular complexity index is 455. The quantitative estimate of drug-likeness (QED) is 0.829. The SMILES string of the molecule is C[C@H](O)c1ccc(N2CC=C(C(C)(C)C)CC2)nc1. The number of hydrogen-bond acceptors (Lipinski definition) is 3. The Balaban J connectivity index is 2.07. The fourth-order valence-corrected chi connectivity index (χ4v) is 2.39. The number of pyridine rings is 1. The molecule has 0 spiro atoms. The van der Waals surface area contributed by atoms with E-state index in [0.29, 0.717) is 0 Å². The van der Waals surface area contributed by atoms with Gasteiger partial charge in [0.2, 0.25) is 0 Å². The first kappa shape index (κ1) is 14.1. The predicted molar refractivity (Wildman–Crippen MR) is 79.2 cm³/mol. The normalized spacial score (nSPS) is 18.2. The molecule has 1 aliphatic heterocycles. The molecule has 3 nitrogen and oxygen atoms in total. The lowest BCUT2D eigenvalue weighted by Gasteiger charge is -2.32. The number of nitrogens with zero attached hydrogens (tertiary/aromatic N) is 2. The van der Waals surface area contributed by atoms with Crippen molar-refractivity contribution < 1.29 is 5.11 Å². The van der Waals surface area contributed by atoms with E-state index >= 15 is 0 Å². The molecule has 19 heavy (non-hydrogen) atoms. The summed E-state index contributed by atoms with van der Waals surface area (Å²) in [5.41, 5.74) is 2.67. The lowest BCUT2D eigenvalue weighted by molar-refractivity contribution is 0.199. The van der Waals surface area contributed by atoms with Gasteiger partial charge in [0.15, 0.2) is 0 Å². The zero-order chi connectivity index (χ0) is 14.0. The monoisotopic (exact) mass is 260 g/mol. The van der Waals surface area contributed by atoms with Gasteiger partial charge in [-0.3, -0.25) is 0 Å². The first-order valence-electron chi connectivity index (χ1n) is 6.96. The maximum atomic E-state index is 9.49. The van der Waals surface area contributed by atoms with Crippen LogP contribution in [0.15, 0.2) is 30.0 Å². The highest BCUT2D eigenvalue weighted by atomic mass is 16.3. The third kappa shape index (κ3) is 3.35. The van der Waals surface area contributed by atoms with Gasteiger partial charge in [-0.2, -0.15) is 0 Å². The van der Waals surface area contributed by atoms with E-state index in [1.807, 2.05) is 12.1 Å². The first-order valence-corrected chi connectivity index (χ1v) is 6.96. The van der Waals surface area contributed by atoms with Crippen molar-refractivity contribution in [1.29, 1.82) is 0 Å². The lowest BCUT2D eigenvalue weighted by Crippen LogP contribution is -2.31. The maximum absolute atomic E-state index is 9.49. The van der Waals surface area contributed by atoms with E-state index in [2.05, 4.69) is 36.7 Å². The largest absolute Gasteiger partial charge is 0.389 e. The van der Waals surface area contributed by atoms with Crippen LogP contribution in [-0.4, -0.2) is 23.2 Å². The van der Waals surface area contributed by atoms with Gasteiger partial charge in [-0.25, -0.2) is 4.98 Å². The molecule has 0 radical (unpaired) electrons. The van der Waals surface area contributed by atoms with Crippen molar-refractivity contribution in [3.05, 3.63) is 35.5 Å². The van der Waals surface area contributed by atoms with Crippen molar-refractivity contribution in [3.8, 4) is 0 Å². The molecule has 0 unspecified atom stereocenters. The first-order chi connectivity index (χ1) is 8.88. The van der Waals surface area contributed by atoms with Gasteiger partial charge < -0.3 is 10.0 Å². The summed E-state index contributed by atoms with van der Waals surface area (Å²) in [7, 11) is 0. The smallest absolute Gasteiger partial charge is 0.128 e. The summed E-state index contributed by atoms with van der Waals surface area (Å²) >= 11 is 0. The number of rotatable bonds is 2. The average molecular weight is 260 g/mol. The number of aliphatic hydroxyl groups excluding tert-OH is 1. The van der Waals surface area contributed by atoms with Crippen molar-refractivity contribution in [3.63, 3.8) is 0 Å². The van der Waals surface area contributed by atoms with E-state index in [-0.39, 0.29) is 5.41 Å². The van der Waals surface area contributed by atoms with E-state index in [9.17, 15) is 5.11 Å². The molecule has 0 aromatic carbocycles. The second-order valence-electron chi connectivity index (χ2n) is 6.30. The molecule has 0 saturated heterocycles. The van der Waals surface area contributed by atoms with Crippen LogP contribution in [0.4, 0.5) is 5.82 Å². The molecule has 104 valence electrons. The van der Waals surface area contributed by atoms with Gasteiger partial charge in [-0.05, 0) is 30.4 Å². The Hall–Kier alpha value is -1.35. The standard InChI is InChI=1S/C16H24N2O/c1-12(19)13-5-6-15(17-11-13)18-9-7-14(8-10-18)16(2,3)4/h5-7,11-12,19H,8-10H2,1-4H3/t12-/m0/s1. The molecular formula is C16H24N2O. The molecule has 0 amide bonds. The number of aliphatic hydroxyl groups is 1. The molecule has 2 rings (SSSR count). The average Bonchev–Trinajstić information content (AvgIpc) is 2.38. The predicted octanol–water partition coefficient (Wildman–Crippen LogP) is 3.32. The highest BCUT2D eigenvalue weighted by molar-refractivity contribution is 5.42. The Kier molecular flexibility index (Phi) is 3.95. The summed E-state index contributed by atoms with van der Waals surface area (Å²) in [5, 5.41) is 9.49. The van der Waals surface area contributed by atoms with Crippen molar-refractivity contribution in [2.24, 2.45) is 5.41 Å². The van der Waals surface area contributed by atoms with Crippen molar-refractivity contribution in [2.75, 3.05) is 18.0 Å². The molecule has 0 fully saturated rings. The van der Waals surface area contributed by atoms with Crippen LogP contribution in [0.5, 0.6) is 0 Å². The highest BCUT2D eigenvalue weighted by Crippen LogP contribution is 2.31. The van der Waals surface area contributed by atoms with Crippen LogP contribution in [0.2, 0.25) is 0 Å². The molecule has 1 aromatic rings. The van der Waals surface area contributed by atoms with Crippen LogP contribution in [0.3, 0.4) is 0 Å². The summed E-state index contributed by atoms with van der Waals surface area (Å²) in [4.78, 5) is 6.73. The summed E-state index contributed by atoms with van der Waals surface area (Å²) in [6.45, 7) is 10.5. The Morgan fingerprint density at radius 2 is 2.05 bits per heavy atom. The minimum absolute atomic E-state index is 0.274. The van der Waals surface area contributed by atoms with Crippen LogP contribution in [0, 0.1) is 5.41 Å². The summed E-state index contributed by atoms with van der Waals surface area (Å²) in [5.74, 6) is 0.994. The second kappa shape index (κ2) is 5.33. The van der Waals surface area contributed by atoms with E-state index in [1.165, 1.54) is 5.57 Å². The van der Waals surface area contributed by atoms with Gasteiger partial charge in [-0.15, -0.1) is 0 Å². The molecule has 0 bridgehead atoms. The summed E-state index contributed by atoms with van der Waals surface area (Å²) in [6, 6.07) is 3.95. The van der Waals surface area contributed by atoms with Crippen LogP contribution in [-0.2, 0) is 0 Å². The molecule has 0 saturated carbocycles. The van der Waals surface area contributed by atoms with Gasteiger partial charge in [0, 0.05) is 19.3 Å². The van der Waals surface area contributed by atoms with Crippen LogP contribution in [0.25, 0.3) is 0 Å². The Labute approximate surface area is 116 Å². The molecular weight excluding hydrogens is 236 g/mol. The van der Waals surface area contributed by atoms with Crippen molar-refractivity contribution >= 4 is 5.82 Å². The zero-order valence-corrected chi connectivity index (χ0v) is 12.3. The van der Waals surface area contributed by atoms with E-state index < -0.39 is 6.10 Å². The second-order valence-corrected chi connectivity index (χ2v) is 6.30. The molecule has 3 heteroatoms. The number of aromatic nitrogens is 1. The Morgan fingerprint density at radius 3 is 2.47 bits per heavy atom. The van der Waals surface area contributed by atoms with Gasteiger partial charge in [0.25, 0.3) is 0 Å². The van der Waals surface area contributed by atoms with E-state index in [4.69, 9.17) is 0 Å². The topological polar surface area (TPSA) is 36.4 Å². The molecule has 1 N–H and O–H groups in total. The maximum Gasteiger partial charge on any atom is 0.128 e. The fraction of sp³-hybridized carbons (Fsp3) is 0.562. The molecule has 1 atom stereocenters. The van der Waals surface area contributed by atoms with Crippen molar-refractivity contribution in [1.82, 2.24) is 4.98 Å². The van der Waals surface area contributed by atoms with Crippen LogP contribution < -0.4 is 4.90 Å². The van der Waals surface area contributed by atoms with Crippen LogP contribution >= 0.6 is 0 Å². The van der Waals surface area contributed by atoms with E-state index in [1.54, 1.807) is 13.1 Å². The van der Waals surface area contributed by atoms with Gasteiger partial charge >= 0.3 is 0 Å².